The lowest BCUT2D eigenvalue weighted by Gasteiger charge is -2.29. The Kier molecular flexibility index (Phi) is 4.65. The quantitative estimate of drug-likeness (QED) is 0.869. The smallest absolute Gasteiger partial charge is 0.119 e. The third-order valence-corrected chi connectivity index (χ3v) is 3.98. The molecule has 0 aliphatic heterocycles. The molecule has 0 bridgehead atoms. The van der Waals surface area contributed by atoms with Crippen LogP contribution < -0.4 is 4.74 Å². The second-order valence-corrected chi connectivity index (χ2v) is 5.43. The molecule has 100 valence electrons. The van der Waals surface area contributed by atoms with Gasteiger partial charge in [-0.3, -0.25) is 0 Å². The summed E-state index contributed by atoms with van der Waals surface area (Å²) in [6.07, 6.45) is 6.25. The molecule has 18 heavy (non-hydrogen) atoms. The Hall–Kier alpha value is -1.02. The van der Waals surface area contributed by atoms with Crippen molar-refractivity contribution in [2.45, 2.75) is 58.2 Å². The Balaban J connectivity index is 1.92. The Labute approximate surface area is 110 Å². The van der Waals surface area contributed by atoms with Gasteiger partial charge in [0, 0.05) is 0 Å². The Morgan fingerprint density at radius 1 is 1.28 bits per heavy atom. The minimum absolute atomic E-state index is 0.376. The van der Waals surface area contributed by atoms with Gasteiger partial charge < -0.3 is 9.84 Å². The van der Waals surface area contributed by atoms with Crippen LogP contribution in [0.5, 0.6) is 5.75 Å². The van der Waals surface area contributed by atoms with Crippen molar-refractivity contribution in [2.75, 3.05) is 0 Å². The number of aliphatic hydroxyl groups excluding tert-OH is 1. The van der Waals surface area contributed by atoms with Crippen molar-refractivity contribution in [1.29, 1.82) is 0 Å². The number of hydrogen-bond acceptors (Lipinski definition) is 2. The summed E-state index contributed by atoms with van der Waals surface area (Å²) < 4.78 is 6.04. The maximum Gasteiger partial charge on any atom is 0.119 e. The van der Waals surface area contributed by atoms with Crippen molar-refractivity contribution in [2.24, 2.45) is 5.92 Å². The summed E-state index contributed by atoms with van der Waals surface area (Å²) in [5.41, 5.74) is 0.942. The molecule has 1 aliphatic rings. The van der Waals surface area contributed by atoms with Gasteiger partial charge in [0.05, 0.1) is 12.2 Å². The molecule has 0 aromatic heterocycles. The molecule has 3 unspecified atom stereocenters. The van der Waals surface area contributed by atoms with Crippen LogP contribution in [0.25, 0.3) is 0 Å². The van der Waals surface area contributed by atoms with Gasteiger partial charge in [0.1, 0.15) is 5.75 Å². The van der Waals surface area contributed by atoms with E-state index in [1.165, 1.54) is 32.1 Å². The number of rotatable bonds is 4. The van der Waals surface area contributed by atoms with E-state index in [2.05, 4.69) is 6.92 Å². The fraction of sp³-hybridized carbons (Fsp3) is 0.625. The molecule has 3 atom stereocenters. The van der Waals surface area contributed by atoms with Crippen molar-refractivity contribution in [3.05, 3.63) is 29.8 Å². The highest BCUT2D eigenvalue weighted by atomic mass is 16.5. The molecule has 1 fully saturated rings. The van der Waals surface area contributed by atoms with Gasteiger partial charge in [-0.1, -0.05) is 31.9 Å². The second-order valence-electron chi connectivity index (χ2n) is 5.43. The summed E-state index contributed by atoms with van der Waals surface area (Å²) in [6, 6.07) is 7.83. The highest BCUT2D eigenvalue weighted by Gasteiger charge is 2.21. The number of ether oxygens (including phenoxy) is 1. The summed E-state index contributed by atoms with van der Waals surface area (Å²) in [6.45, 7) is 4.05. The Bertz CT molecular complexity index is 356. The van der Waals surface area contributed by atoms with Gasteiger partial charge in [-0.15, -0.1) is 0 Å². The van der Waals surface area contributed by atoms with Gasteiger partial charge in [0.15, 0.2) is 0 Å². The van der Waals surface area contributed by atoms with Crippen molar-refractivity contribution < 1.29 is 9.84 Å². The molecule has 2 nitrogen and oxygen atoms in total. The normalized spacial score (nSPS) is 25.7. The standard InChI is InChI=1S/C16H24O2/c1-3-13-5-4-6-16(11-13)18-15-9-7-14(8-10-15)12(2)17/h7-10,12-13,16-17H,3-6,11H2,1-2H3. The first-order valence-electron chi connectivity index (χ1n) is 7.13. The SMILES string of the molecule is CCC1CCCC(Oc2ccc(C(C)O)cc2)C1. The zero-order valence-electron chi connectivity index (χ0n) is 11.4. The minimum Gasteiger partial charge on any atom is -0.490 e. The van der Waals surface area contributed by atoms with E-state index in [1.54, 1.807) is 6.92 Å². The molecule has 0 amide bonds. The van der Waals surface area contributed by atoms with E-state index in [-0.39, 0.29) is 0 Å². The average Bonchev–Trinajstić information content (AvgIpc) is 2.39. The van der Waals surface area contributed by atoms with E-state index in [0.717, 1.165) is 17.2 Å². The first-order chi connectivity index (χ1) is 8.69. The van der Waals surface area contributed by atoms with Crippen LogP contribution in [0.3, 0.4) is 0 Å². The molecule has 1 saturated carbocycles. The summed E-state index contributed by atoms with van der Waals surface area (Å²) >= 11 is 0. The van der Waals surface area contributed by atoms with Crippen LogP contribution in [0, 0.1) is 5.92 Å². The van der Waals surface area contributed by atoms with Crippen molar-refractivity contribution >= 4 is 0 Å². The van der Waals surface area contributed by atoms with E-state index < -0.39 is 6.10 Å². The molecule has 2 heteroatoms. The van der Waals surface area contributed by atoms with E-state index in [4.69, 9.17) is 4.74 Å². The maximum absolute atomic E-state index is 9.46. The molecule has 0 heterocycles. The lowest BCUT2D eigenvalue weighted by Crippen LogP contribution is -2.25. The molecule has 1 aromatic carbocycles. The van der Waals surface area contributed by atoms with E-state index in [0.29, 0.717) is 6.10 Å². The van der Waals surface area contributed by atoms with E-state index in [1.807, 2.05) is 24.3 Å². The van der Waals surface area contributed by atoms with Crippen molar-refractivity contribution in [3.8, 4) is 5.75 Å². The largest absolute Gasteiger partial charge is 0.490 e. The van der Waals surface area contributed by atoms with Crippen LogP contribution in [-0.2, 0) is 0 Å². The van der Waals surface area contributed by atoms with E-state index >= 15 is 0 Å². The average molecular weight is 248 g/mol. The van der Waals surface area contributed by atoms with Crippen LogP contribution in [0.2, 0.25) is 0 Å². The molecule has 1 N–H and O–H groups in total. The van der Waals surface area contributed by atoms with Crippen LogP contribution in [0.15, 0.2) is 24.3 Å². The zero-order chi connectivity index (χ0) is 13.0. The molecule has 0 spiro atoms. The van der Waals surface area contributed by atoms with Crippen LogP contribution in [0.4, 0.5) is 0 Å². The third kappa shape index (κ3) is 3.49. The zero-order valence-corrected chi connectivity index (χ0v) is 11.4. The van der Waals surface area contributed by atoms with Gasteiger partial charge >= 0.3 is 0 Å². The van der Waals surface area contributed by atoms with Crippen LogP contribution >= 0.6 is 0 Å². The second kappa shape index (κ2) is 6.24. The lowest BCUT2D eigenvalue weighted by molar-refractivity contribution is 0.122. The summed E-state index contributed by atoms with van der Waals surface area (Å²) in [5, 5.41) is 9.46. The lowest BCUT2D eigenvalue weighted by atomic mass is 9.85. The molecule has 0 radical (unpaired) electrons. The molecule has 1 aliphatic carbocycles. The number of benzene rings is 1. The van der Waals surface area contributed by atoms with Crippen LogP contribution in [-0.4, -0.2) is 11.2 Å². The maximum atomic E-state index is 9.46. The number of aliphatic hydroxyl groups is 1. The Morgan fingerprint density at radius 3 is 2.61 bits per heavy atom. The van der Waals surface area contributed by atoms with Gasteiger partial charge in [-0.05, 0) is 49.8 Å². The van der Waals surface area contributed by atoms with Gasteiger partial charge in [0.25, 0.3) is 0 Å². The summed E-state index contributed by atoms with van der Waals surface area (Å²) in [5.74, 6) is 1.77. The first kappa shape index (κ1) is 13.4. The van der Waals surface area contributed by atoms with E-state index in [9.17, 15) is 5.11 Å². The van der Waals surface area contributed by atoms with Crippen molar-refractivity contribution in [1.82, 2.24) is 0 Å². The summed E-state index contributed by atoms with van der Waals surface area (Å²) in [7, 11) is 0. The first-order valence-corrected chi connectivity index (χ1v) is 7.13. The highest BCUT2D eigenvalue weighted by Crippen LogP contribution is 2.29. The molecular formula is C16H24O2. The molecule has 2 rings (SSSR count). The fourth-order valence-electron chi connectivity index (χ4n) is 2.74. The number of hydrogen-bond donors (Lipinski definition) is 1. The van der Waals surface area contributed by atoms with Gasteiger partial charge in [-0.25, -0.2) is 0 Å². The van der Waals surface area contributed by atoms with Crippen molar-refractivity contribution in [3.63, 3.8) is 0 Å². The third-order valence-electron chi connectivity index (χ3n) is 3.98. The topological polar surface area (TPSA) is 29.5 Å². The molecule has 1 aromatic rings. The van der Waals surface area contributed by atoms with Gasteiger partial charge in [-0.2, -0.15) is 0 Å². The predicted molar refractivity (Wildman–Crippen MR) is 73.7 cm³/mol. The predicted octanol–water partition coefficient (Wildman–Crippen LogP) is 4.09. The van der Waals surface area contributed by atoms with Crippen LogP contribution in [0.1, 0.15) is 57.6 Å². The fourth-order valence-corrected chi connectivity index (χ4v) is 2.74. The minimum atomic E-state index is -0.404. The van der Waals surface area contributed by atoms with Gasteiger partial charge in [0.2, 0.25) is 0 Å². The summed E-state index contributed by atoms with van der Waals surface area (Å²) in [4.78, 5) is 0. The highest BCUT2D eigenvalue weighted by molar-refractivity contribution is 5.28. The molecular weight excluding hydrogens is 224 g/mol. The Morgan fingerprint density at radius 2 is 2.00 bits per heavy atom. The molecule has 0 saturated heterocycles. The monoisotopic (exact) mass is 248 g/mol.